The molecule has 3 nitrogen and oxygen atoms in total. The van der Waals surface area contributed by atoms with Crippen LogP contribution in [0.2, 0.25) is 0 Å². The fraction of sp³-hybridized carbons (Fsp3) is 0.410. The molecule has 3 rings (SSSR count). The highest BCUT2D eigenvalue weighted by Crippen LogP contribution is 2.38. The first-order valence-corrected chi connectivity index (χ1v) is 15.5. The van der Waals surface area contributed by atoms with Gasteiger partial charge in [-0.15, -0.1) is 13.2 Å². The van der Waals surface area contributed by atoms with Crippen LogP contribution in [-0.2, 0) is 12.8 Å². The van der Waals surface area contributed by atoms with Crippen LogP contribution in [0.25, 0.3) is 0 Å². The number of nitrogens with zero attached hydrogens (tertiary/aromatic N) is 3. The van der Waals surface area contributed by atoms with Gasteiger partial charge in [0.15, 0.2) is 0 Å². The molecule has 222 valence electrons. The molecule has 0 aliphatic heterocycles. The first-order chi connectivity index (χ1) is 19.9. The van der Waals surface area contributed by atoms with Crippen LogP contribution in [0.5, 0.6) is 0 Å². The molecule has 0 radical (unpaired) electrons. The van der Waals surface area contributed by atoms with E-state index in [0.29, 0.717) is 23.7 Å². The van der Waals surface area contributed by atoms with Crippen LogP contribution in [0.3, 0.4) is 0 Å². The van der Waals surface area contributed by atoms with Gasteiger partial charge in [-0.25, -0.2) is 4.98 Å². The van der Waals surface area contributed by atoms with Gasteiger partial charge >= 0.3 is 0 Å². The molecule has 2 aromatic carbocycles. The standard InChI is InChI=1S/C39H51N3/c1-13-16-30-20-32(24(3)4)38(33(21-30)25(5)6)40-28(11)36-18-15-19-37(42-36)29(12)41-39-34(26(7)8)22-31(17-14-2)23-35(39)27(9)10/h13-15,18-27H,1-2,16-17H2,3-12H3. The summed E-state index contributed by atoms with van der Waals surface area (Å²) in [4.78, 5) is 15.5. The highest BCUT2D eigenvalue weighted by Gasteiger charge is 2.18. The van der Waals surface area contributed by atoms with Crippen molar-refractivity contribution in [2.45, 2.75) is 106 Å². The summed E-state index contributed by atoms with van der Waals surface area (Å²) in [6.07, 6.45) is 5.67. The number of benzene rings is 2. The van der Waals surface area contributed by atoms with Crippen molar-refractivity contribution < 1.29 is 0 Å². The second-order valence-corrected chi connectivity index (χ2v) is 12.7. The lowest BCUT2D eigenvalue weighted by Crippen LogP contribution is -2.07. The molecule has 0 amide bonds. The third kappa shape index (κ3) is 7.82. The molecule has 0 aliphatic rings. The van der Waals surface area contributed by atoms with Crippen LogP contribution in [0.1, 0.15) is 138 Å². The van der Waals surface area contributed by atoms with Gasteiger partial charge in [0.1, 0.15) is 0 Å². The third-order valence-electron chi connectivity index (χ3n) is 7.75. The predicted octanol–water partition coefficient (Wildman–Crippen LogP) is 11.3. The SMILES string of the molecule is C=CCc1cc(C(C)C)c(N=C(C)c2cccc(C(C)=Nc3c(C(C)C)cc(CC=C)cc3C(C)C)n2)c(C(C)C)c1. The van der Waals surface area contributed by atoms with Crippen LogP contribution in [0.15, 0.2) is 77.8 Å². The minimum absolute atomic E-state index is 0.357. The summed E-state index contributed by atoms with van der Waals surface area (Å²) in [7, 11) is 0. The molecule has 0 saturated heterocycles. The van der Waals surface area contributed by atoms with Gasteiger partial charge in [0.25, 0.3) is 0 Å². The lowest BCUT2D eigenvalue weighted by molar-refractivity contribution is 0.830. The summed E-state index contributed by atoms with van der Waals surface area (Å²) < 4.78 is 0. The highest BCUT2D eigenvalue weighted by molar-refractivity contribution is 6.02. The van der Waals surface area contributed by atoms with Gasteiger partial charge < -0.3 is 0 Å². The number of allylic oxidation sites excluding steroid dienone is 2. The maximum atomic E-state index is 5.24. The van der Waals surface area contributed by atoms with Gasteiger partial charge in [-0.2, -0.15) is 0 Å². The number of aliphatic imine (C=N–C) groups is 2. The Bertz CT molecular complexity index is 1310. The fourth-order valence-electron chi connectivity index (χ4n) is 5.36. The van der Waals surface area contributed by atoms with Crippen LogP contribution >= 0.6 is 0 Å². The molecule has 42 heavy (non-hydrogen) atoms. The molecule has 0 unspecified atom stereocenters. The summed E-state index contributed by atoms with van der Waals surface area (Å²) in [5, 5.41) is 0. The van der Waals surface area contributed by atoms with Crippen molar-refractivity contribution in [2.24, 2.45) is 9.98 Å². The molecular formula is C39H51N3. The maximum absolute atomic E-state index is 5.24. The van der Waals surface area contributed by atoms with E-state index in [1.54, 1.807) is 0 Å². The minimum atomic E-state index is 0.357. The number of hydrogen-bond acceptors (Lipinski definition) is 3. The highest BCUT2D eigenvalue weighted by atomic mass is 14.8. The van der Waals surface area contributed by atoms with E-state index in [-0.39, 0.29) is 0 Å². The van der Waals surface area contributed by atoms with Crippen LogP contribution in [0.4, 0.5) is 11.4 Å². The van der Waals surface area contributed by atoms with E-state index in [2.05, 4.69) is 125 Å². The van der Waals surface area contributed by atoms with E-state index in [9.17, 15) is 0 Å². The fourth-order valence-corrected chi connectivity index (χ4v) is 5.36. The monoisotopic (exact) mass is 561 g/mol. The first-order valence-electron chi connectivity index (χ1n) is 15.5. The molecule has 0 spiro atoms. The zero-order valence-electron chi connectivity index (χ0n) is 27.7. The zero-order valence-corrected chi connectivity index (χ0v) is 27.7. The van der Waals surface area contributed by atoms with Crippen molar-refractivity contribution in [2.75, 3.05) is 0 Å². The number of pyridine rings is 1. The predicted molar refractivity (Wildman–Crippen MR) is 185 cm³/mol. The van der Waals surface area contributed by atoms with E-state index in [4.69, 9.17) is 15.0 Å². The number of aromatic nitrogens is 1. The van der Waals surface area contributed by atoms with Crippen LogP contribution in [0, 0.1) is 0 Å². The van der Waals surface area contributed by atoms with Gasteiger partial charge in [-0.1, -0.05) is 97.9 Å². The molecule has 1 heterocycles. The Kier molecular flexibility index (Phi) is 11.4. The molecule has 3 heteroatoms. The van der Waals surface area contributed by atoms with Crippen molar-refractivity contribution in [3.05, 3.63) is 113 Å². The maximum Gasteiger partial charge on any atom is 0.0849 e. The van der Waals surface area contributed by atoms with Crippen molar-refractivity contribution >= 4 is 22.8 Å². The Morgan fingerprint density at radius 2 is 0.929 bits per heavy atom. The van der Waals surface area contributed by atoms with Gasteiger partial charge in [0.2, 0.25) is 0 Å². The Hall–Kier alpha value is -3.59. The largest absolute Gasteiger partial charge is 0.251 e. The molecule has 0 fully saturated rings. The molecular weight excluding hydrogens is 510 g/mol. The Morgan fingerprint density at radius 1 is 0.619 bits per heavy atom. The molecule has 0 aliphatic carbocycles. The van der Waals surface area contributed by atoms with E-state index in [1.165, 1.54) is 33.4 Å². The molecule has 0 bridgehead atoms. The summed E-state index contributed by atoms with van der Waals surface area (Å²) in [6, 6.07) is 15.3. The summed E-state index contributed by atoms with van der Waals surface area (Å²) in [5.41, 5.74) is 13.4. The zero-order chi connectivity index (χ0) is 31.1. The van der Waals surface area contributed by atoms with Crippen molar-refractivity contribution in [3.63, 3.8) is 0 Å². The second-order valence-electron chi connectivity index (χ2n) is 12.7. The third-order valence-corrected chi connectivity index (χ3v) is 7.75. The minimum Gasteiger partial charge on any atom is -0.251 e. The van der Waals surface area contributed by atoms with E-state index in [1.807, 2.05) is 12.2 Å². The Morgan fingerprint density at radius 3 is 1.19 bits per heavy atom. The Labute approximate surface area is 255 Å². The van der Waals surface area contributed by atoms with Gasteiger partial charge in [-0.05, 0) is 95.9 Å². The van der Waals surface area contributed by atoms with E-state index in [0.717, 1.165) is 47.0 Å². The summed E-state index contributed by atoms with van der Waals surface area (Å²) >= 11 is 0. The quantitative estimate of drug-likeness (QED) is 0.160. The lowest BCUT2D eigenvalue weighted by Gasteiger charge is -2.20. The van der Waals surface area contributed by atoms with E-state index >= 15 is 0 Å². The molecule has 0 atom stereocenters. The van der Waals surface area contributed by atoms with Gasteiger partial charge in [0, 0.05) is 0 Å². The van der Waals surface area contributed by atoms with Crippen LogP contribution < -0.4 is 0 Å². The summed E-state index contributed by atoms with van der Waals surface area (Å²) in [5.74, 6) is 1.43. The second kappa shape index (κ2) is 14.5. The molecule has 0 N–H and O–H groups in total. The van der Waals surface area contributed by atoms with E-state index < -0.39 is 0 Å². The van der Waals surface area contributed by atoms with Gasteiger partial charge in [0.05, 0.1) is 34.2 Å². The number of rotatable bonds is 12. The molecule has 1 aromatic heterocycles. The normalized spacial score (nSPS) is 12.6. The average molecular weight is 562 g/mol. The smallest absolute Gasteiger partial charge is 0.0849 e. The first kappa shape index (κ1) is 32.9. The van der Waals surface area contributed by atoms with Gasteiger partial charge in [-0.3, -0.25) is 9.98 Å². The molecule has 0 saturated carbocycles. The Balaban J connectivity index is 2.13. The average Bonchev–Trinajstić information content (AvgIpc) is 2.93. The van der Waals surface area contributed by atoms with Crippen molar-refractivity contribution in [3.8, 4) is 0 Å². The van der Waals surface area contributed by atoms with Crippen molar-refractivity contribution in [1.29, 1.82) is 0 Å². The molecule has 3 aromatic rings. The van der Waals surface area contributed by atoms with Crippen molar-refractivity contribution in [1.82, 2.24) is 4.98 Å². The topological polar surface area (TPSA) is 37.6 Å². The lowest BCUT2D eigenvalue weighted by atomic mass is 9.89. The number of hydrogen-bond donors (Lipinski definition) is 0. The summed E-state index contributed by atoms with van der Waals surface area (Å²) in [6.45, 7) is 30.0. The van der Waals surface area contributed by atoms with Crippen LogP contribution in [-0.4, -0.2) is 16.4 Å².